The average Bonchev–Trinajstić information content (AvgIpc) is 2.71. The molecule has 27 heavy (non-hydrogen) atoms. The lowest BCUT2D eigenvalue weighted by Gasteiger charge is -2.36. The predicted octanol–water partition coefficient (Wildman–Crippen LogP) is 2.14. The highest BCUT2D eigenvalue weighted by molar-refractivity contribution is 5.84. The molecule has 2 N–H and O–H groups in total. The van der Waals surface area contributed by atoms with E-state index in [1.54, 1.807) is 0 Å². The number of hydrogen-bond acceptors (Lipinski definition) is 3. The highest BCUT2D eigenvalue weighted by atomic mass is 16.2. The summed E-state index contributed by atoms with van der Waals surface area (Å²) in [6, 6.07) is 17.7. The molecule has 0 saturated carbocycles. The molecule has 0 aromatic heterocycles. The van der Waals surface area contributed by atoms with Crippen LogP contribution in [0.2, 0.25) is 0 Å². The van der Waals surface area contributed by atoms with Gasteiger partial charge in [0.05, 0.1) is 6.54 Å². The molecule has 0 atom stereocenters. The fourth-order valence-electron chi connectivity index (χ4n) is 3.15. The van der Waals surface area contributed by atoms with Crippen molar-refractivity contribution in [1.82, 2.24) is 15.5 Å². The molecular formula is C21H26N4O2. The van der Waals surface area contributed by atoms with Gasteiger partial charge in [-0.05, 0) is 30.2 Å². The van der Waals surface area contributed by atoms with E-state index in [-0.39, 0.29) is 18.5 Å². The Morgan fingerprint density at radius 2 is 1.67 bits per heavy atom. The average molecular weight is 366 g/mol. The maximum Gasteiger partial charge on any atom is 0.315 e. The molecule has 1 aliphatic rings. The fourth-order valence-corrected chi connectivity index (χ4v) is 3.15. The largest absolute Gasteiger partial charge is 0.368 e. The lowest BCUT2D eigenvalue weighted by atomic mass is 10.2. The number of rotatable bonds is 5. The summed E-state index contributed by atoms with van der Waals surface area (Å²) >= 11 is 0. The van der Waals surface area contributed by atoms with Crippen LogP contribution >= 0.6 is 0 Å². The summed E-state index contributed by atoms with van der Waals surface area (Å²) in [5.41, 5.74) is 3.45. The van der Waals surface area contributed by atoms with Gasteiger partial charge in [-0.3, -0.25) is 4.79 Å². The molecule has 0 bridgehead atoms. The second kappa shape index (κ2) is 9.07. The molecule has 3 amide bonds. The highest BCUT2D eigenvalue weighted by Crippen LogP contribution is 2.17. The Morgan fingerprint density at radius 3 is 2.37 bits per heavy atom. The standard InChI is InChI=1S/C21H26N4O2/c1-17-6-5-9-19(14-17)24-10-12-25(13-11-24)20(26)16-23-21(27)22-15-18-7-3-2-4-8-18/h2-9,14H,10-13,15-16H2,1H3,(H2,22,23,27). The van der Waals surface area contributed by atoms with Crippen molar-refractivity contribution in [2.45, 2.75) is 13.5 Å². The van der Waals surface area contributed by atoms with Gasteiger partial charge in [0, 0.05) is 38.4 Å². The third-order valence-corrected chi connectivity index (χ3v) is 4.70. The van der Waals surface area contributed by atoms with Crippen LogP contribution in [0.4, 0.5) is 10.5 Å². The van der Waals surface area contributed by atoms with Crippen molar-refractivity contribution in [2.75, 3.05) is 37.6 Å². The maximum absolute atomic E-state index is 12.3. The molecule has 1 saturated heterocycles. The van der Waals surface area contributed by atoms with Crippen LogP contribution in [0.1, 0.15) is 11.1 Å². The van der Waals surface area contributed by atoms with E-state index < -0.39 is 0 Å². The molecule has 0 unspecified atom stereocenters. The Kier molecular flexibility index (Phi) is 6.30. The Balaban J connectivity index is 1.38. The van der Waals surface area contributed by atoms with Crippen molar-refractivity contribution >= 4 is 17.6 Å². The molecule has 2 aromatic carbocycles. The van der Waals surface area contributed by atoms with E-state index >= 15 is 0 Å². The van der Waals surface area contributed by atoms with E-state index in [9.17, 15) is 9.59 Å². The van der Waals surface area contributed by atoms with Crippen molar-refractivity contribution in [3.63, 3.8) is 0 Å². The number of carbonyl (C=O) groups excluding carboxylic acids is 2. The Morgan fingerprint density at radius 1 is 0.926 bits per heavy atom. The summed E-state index contributed by atoms with van der Waals surface area (Å²) < 4.78 is 0. The van der Waals surface area contributed by atoms with E-state index in [0.29, 0.717) is 19.6 Å². The van der Waals surface area contributed by atoms with Crippen LogP contribution in [-0.4, -0.2) is 49.6 Å². The number of urea groups is 1. The molecule has 6 heteroatoms. The lowest BCUT2D eigenvalue weighted by Crippen LogP contribution is -2.52. The first-order chi connectivity index (χ1) is 13.1. The Bertz CT molecular complexity index is 771. The second-order valence-electron chi connectivity index (χ2n) is 6.73. The summed E-state index contributed by atoms with van der Waals surface area (Å²) in [5.74, 6) is -0.0475. The minimum atomic E-state index is -0.328. The summed E-state index contributed by atoms with van der Waals surface area (Å²) in [6.07, 6.45) is 0. The highest BCUT2D eigenvalue weighted by Gasteiger charge is 2.21. The molecule has 0 spiro atoms. The van der Waals surface area contributed by atoms with E-state index in [0.717, 1.165) is 18.7 Å². The van der Waals surface area contributed by atoms with Gasteiger partial charge in [0.25, 0.3) is 0 Å². The number of benzene rings is 2. The summed E-state index contributed by atoms with van der Waals surface area (Å²) in [4.78, 5) is 28.3. The molecule has 0 radical (unpaired) electrons. The number of nitrogens with zero attached hydrogens (tertiary/aromatic N) is 2. The van der Waals surface area contributed by atoms with Crippen molar-refractivity contribution in [3.05, 3.63) is 65.7 Å². The van der Waals surface area contributed by atoms with Crippen LogP contribution in [0.3, 0.4) is 0 Å². The molecule has 2 aromatic rings. The van der Waals surface area contributed by atoms with E-state index in [1.807, 2.05) is 35.2 Å². The van der Waals surface area contributed by atoms with Crippen LogP contribution in [0, 0.1) is 6.92 Å². The summed E-state index contributed by atoms with van der Waals surface area (Å²) in [6.45, 7) is 5.48. The summed E-state index contributed by atoms with van der Waals surface area (Å²) in [5, 5.41) is 5.41. The SMILES string of the molecule is Cc1cccc(N2CCN(C(=O)CNC(=O)NCc3ccccc3)CC2)c1. The van der Waals surface area contributed by atoms with Crippen LogP contribution in [-0.2, 0) is 11.3 Å². The van der Waals surface area contributed by atoms with Crippen molar-refractivity contribution in [1.29, 1.82) is 0 Å². The maximum atomic E-state index is 12.3. The van der Waals surface area contributed by atoms with Gasteiger partial charge in [0.2, 0.25) is 5.91 Å². The molecule has 1 fully saturated rings. The third-order valence-electron chi connectivity index (χ3n) is 4.70. The molecular weight excluding hydrogens is 340 g/mol. The quantitative estimate of drug-likeness (QED) is 0.852. The van der Waals surface area contributed by atoms with Gasteiger partial charge >= 0.3 is 6.03 Å². The van der Waals surface area contributed by atoms with Gasteiger partial charge in [-0.25, -0.2) is 4.79 Å². The topological polar surface area (TPSA) is 64.7 Å². The summed E-state index contributed by atoms with van der Waals surface area (Å²) in [7, 11) is 0. The van der Waals surface area contributed by atoms with Gasteiger partial charge in [0.15, 0.2) is 0 Å². The number of piperazine rings is 1. The van der Waals surface area contributed by atoms with Crippen LogP contribution in [0.25, 0.3) is 0 Å². The van der Waals surface area contributed by atoms with Gasteiger partial charge < -0.3 is 20.4 Å². The minimum Gasteiger partial charge on any atom is -0.368 e. The molecule has 0 aliphatic carbocycles. The first kappa shape index (κ1) is 18.8. The number of amides is 3. The minimum absolute atomic E-state index is 0.0189. The van der Waals surface area contributed by atoms with Crippen molar-refractivity contribution < 1.29 is 9.59 Å². The third kappa shape index (κ3) is 5.48. The van der Waals surface area contributed by atoms with E-state index in [4.69, 9.17) is 0 Å². The smallest absolute Gasteiger partial charge is 0.315 e. The first-order valence-electron chi connectivity index (χ1n) is 9.27. The number of aryl methyl sites for hydroxylation is 1. The zero-order valence-corrected chi connectivity index (χ0v) is 15.6. The van der Waals surface area contributed by atoms with E-state index in [2.05, 4.69) is 46.7 Å². The lowest BCUT2D eigenvalue weighted by molar-refractivity contribution is -0.130. The van der Waals surface area contributed by atoms with Gasteiger partial charge in [0.1, 0.15) is 0 Å². The fraction of sp³-hybridized carbons (Fsp3) is 0.333. The number of carbonyl (C=O) groups is 2. The van der Waals surface area contributed by atoms with Gasteiger partial charge in [-0.2, -0.15) is 0 Å². The number of nitrogens with one attached hydrogen (secondary N) is 2. The molecule has 6 nitrogen and oxygen atoms in total. The van der Waals surface area contributed by atoms with Crippen LogP contribution < -0.4 is 15.5 Å². The van der Waals surface area contributed by atoms with Gasteiger partial charge in [-0.15, -0.1) is 0 Å². The Labute approximate surface area is 160 Å². The predicted molar refractivity (Wildman–Crippen MR) is 107 cm³/mol. The molecule has 1 aliphatic heterocycles. The first-order valence-corrected chi connectivity index (χ1v) is 9.27. The zero-order valence-electron chi connectivity index (χ0n) is 15.6. The zero-order chi connectivity index (χ0) is 19.1. The number of hydrogen-bond donors (Lipinski definition) is 2. The molecule has 3 rings (SSSR count). The monoisotopic (exact) mass is 366 g/mol. The number of anilines is 1. The van der Waals surface area contributed by atoms with Crippen molar-refractivity contribution in [3.8, 4) is 0 Å². The van der Waals surface area contributed by atoms with Gasteiger partial charge in [-0.1, -0.05) is 42.5 Å². The molecule has 142 valence electrons. The van der Waals surface area contributed by atoms with Crippen LogP contribution in [0.15, 0.2) is 54.6 Å². The Hall–Kier alpha value is -3.02. The van der Waals surface area contributed by atoms with Crippen LogP contribution in [0.5, 0.6) is 0 Å². The second-order valence-corrected chi connectivity index (χ2v) is 6.73. The van der Waals surface area contributed by atoms with Crippen molar-refractivity contribution in [2.24, 2.45) is 0 Å². The normalized spacial score (nSPS) is 14.0. The van der Waals surface area contributed by atoms with E-state index in [1.165, 1.54) is 11.3 Å². The molecule has 1 heterocycles.